The van der Waals surface area contributed by atoms with Crippen molar-refractivity contribution < 1.29 is 23.7 Å². The molecule has 0 bridgehead atoms. The van der Waals surface area contributed by atoms with E-state index in [1.165, 1.54) is 25.5 Å². The topological polar surface area (TPSA) is 78.4 Å². The first-order valence-electron chi connectivity index (χ1n) is 12.9. The van der Waals surface area contributed by atoms with E-state index in [9.17, 15) is 4.79 Å². The molecule has 0 aliphatic rings. The lowest BCUT2D eigenvalue weighted by atomic mass is 10.2. The van der Waals surface area contributed by atoms with E-state index in [0.29, 0.717) is 41.9 Å². The number of hydrazone groups is 1. The van der Waals surface area contributed by atoms with Crippen molar-refractivity contribution in [1.82, 2.24) is 5.43 Å². The summed E-state index contributed by atoms with van der Waals surface area (Å²) in [4.78, 5) is 12.2. The monoisotopic (exact) mass is 538 g/mol. The van der Waals surface area contributed by atoms with Gasteiger partial charge in [-0.2, -0.15) is 5.10 Å². The molecule has 0 saturated carbocycles. The second kappa shape index (κ2) is 16.2. The normalized spacial score (nSPS) is 10.8. The van der Waals surface area contributed by atoms with E-state index in [4.69, 9.17) is 30.5 Å². The second-order valence-electron chi connectivity index (χ2n) is 8.43. The van der Waals surface area contributed by atoms with Gasteiger partial charge in [0, 0.05) is 10.6 Å². The first kappa shape index (κ1) is 28.9. The SMILES string of the molecule is CCCCCCOc1ccc(OCCOc2ccc(C=NNC(=O)c3cccc(Cl)c3)cc2OCC)cc1. The smallest absolute Gasteiger partial charge is 0.271 e. The molecule has 0 aliphatic heterocycles. The number of carbonyl (C=O) groups is 1. The van der Waals surface area contributed by atoms with E-state index in [1.54, 1.807) is 36.4 Å². The maximum Gasteiger partial charge on any atom is 0.271 e. The van der Waals surface area contributed by atoms with E-state index in [1.807, 2.05) is 37.3 Å². The number of hydrogen-bond acceptors (Lipinski definition) is 6. The number of amides is 1. The zero-order valence-corrected chi connectivity index (χ0v) is 22.7. The van der Waals surface area contributed by atoms with Gasteiger partial charge in [0.25, 0.3) is 5.91 Å². The van der Waals surface area contributed by atoms with Crippen LogP contribution >= 0.6 is 11.6 Å². The zero-order valence-electron chi connectivity index (χ0n) is 22.0. The van der Waals surface area contributed by atoms with Gasteiger partial charge in [-0.05, 0) is 79.6 Å². The standard InChI is InChI=1S/C30H35ClN2O5/c1-3-5-6-7-17-36-26-12-14-27(15-13-26)37-18-19-38-28-16-11-23(20-29(28)35-4-2)22-32-33-30(34)24-9-8-10-25(31)21-24/h8-16,20-22H,3-7,17-19H2,1-2H3,(H,33,34). The summed E-state index contributed by atoms with van der Waals surface area (Å²) in [5.41, 5.74) is 3.67. The Kier molecular flexibility index (Phi) is 12.3. The van der Waals surface area contributed by atoms with Crippen LogP contribution in [0.3, 0.4) is 0 Å². The zero-order chi connectivity index (χ0) is 27.0. The van der Waals surface area contributed by atoms with E-state index in [0.717, 1.165) is 30.1 Å². The fraction of sp³-hybridized carbons (Fsp3) is 0.333. The largest absolute Gasteiger partial charge is 0.494 e. The van der Waals surface area contributed by atoms with Crippen molar-refractivity contribution >= 4 is 23.7 Å². The van der Waals surface area contributed by atoms with Crippen molar-refractivity contribution in [3.8, 4) is 23.0 Å². The molecular formula is C30H35ClN2O5. The molecule has 3 aromatic carbocycles. The Morgan fingerprint density at radius 2 is 1.55 bits per heavy atom. The fourth-order valence-electron chi connectivity index (χ4n) is 3.51. The lowest BCUT2D eigenvalue weighted by molar-refractivity contribution is 0.0955. The molecule has 0 spiro atoms. The summed E-state index contributed by atoms with van der Waals surface area (Å²) in [6.45, 7) is 6.03. The van der Waals surface area contributed by atoms with Crippen LogP contribution in [0.25, 0.3) is 0 Å². The average Bonchev–Trinajstić information content (AvgIpc) is 2.93. The van der Waals surface area contributed by atoms with Crippen LogP contribution in [0.4, 0.5) is 0 Å². The molecule has 38 heavy (non-hydrogen) atoms. The Labute approximate surface area is 229 Å². The number of unbranched alkanes of at least 4 members (excludes halogenated alkanes) is 3. The molecule has 0 unspecified atom stereocenters. The minimum Gasteiger partial charge on any atom is -0.494 e. The molecular weight excluding hydrogens is 504 g/mol. The van der Waals surface area contributed by atoms with Gasteiger partial charge in [0.1, 0.15) is 24.7 Å². The van der Waals surface area contributed by atoms with Crippen LogP contribution in [0.5, 0.6) is 23.0 Å². The number of halogens is 1. The summed E-state index contributed by atoms with van der Waals surface area (Å²) in [7, 11) is 0. The van der Waals surface area contributed by atoms with Crippen LogP contribution in [0, 0.1) is 0 Å². The molecule has 8 heteroatoms. The summed E-state index contributed by atoms with van der Waals surface area (Å²) < 4.78 is 23.2. The average molecular weight is 539 g/mol. The molecule has 0 heterocycles. The fourth-order valence-corrected chi connectivity index (χ4v) is 3.70. The predicted octanol–water partition coefficient (Wildman–Crippen LogP) is 6.92. The Morgan fingerprint density at radius 3 is 2.26 bits per heavy atom. The predicted molar refractivity (Wildman–Crippen MR) is 151 cm³/mol. The second-order valence-corrected chi connectivity index (χ2v) is 8.86. The molecule has 3 aromatic rings. The minimum absolute atomic E-state index is 0.346. The molecule has 1 N–H and O–H groups in total. The highest BCUT2D eigenvalue weighted by molar-refractivity contribution is 6.30. The molecule has 0 atom stereocenters. The van der Waals surface area contributed by atoms with Gasteiger partial charge in [0.15, 0.2) is 11.5 Å². The maximum atomic E-state index is 12.2. The summed E-state index contributed by atoms with van der Waals surface area (Å²) in [6, 6.07) is 19.7. The molecule has 1 amide bonds. The molecule has 0 aliphatic carbocycles. The Bertz CT molecular complexity index is 1170. The van der Waals surface area contributed by atoms with Crippen molar-refractivity contribution in [3.05, 3.63) is 82.9 Å². The summed E-state index contributed by atoms with van der Waals surface area (Å²) in [5, 5.41) is 4.51. The third-order valence-electron chi connectivity index (χ3n) is 5.43. The van der Waals surface area contributed by atoms with Gasteiger partial charge in [-0.15, -0.1) is 0 Å². The number of ether oxygens (including phenoxy) is 4. The van der Waals surface area contributed by atoms with E-state index < -0.39 is 0 Å². The molecule has 202 valence electrons. The summed E-state index contributed by atoms with van der Waals surface area (Å²) in [6.07, 6.45) is 6.27. The number of carbonyl (C=O) groups excluding carboxylic acids is 1. The molecule has 0 saturated heterocycles. The van der Waals surface area contributed by atoms with Gasteiger partial charge < -0.3 is 18.9 Å². The highest BCUT2D eigenvalue weighted by Crippen LogP contribution is 2.28. The van der Waals surface area contributed by atoms with Crippen molar-refractivity contribution in [2.24, 2.45) is 5.10 Å². The number of nitrogens with one attached hydrogen (secondary N) is 1. The van der Waals surface area contributed by atoms with Gasteiger partial charge in [0.05, 0.1) is 19.4 Å². The van der Waals surface area contributed by atoms with Crippen LogP contribution in [0.2, 0.25) is 5.02 Å². The lowest BCUT2D eigenvalue weighted by Gasteiger charge is -2.13. The number of nitrogens with zero attached hydrogens (tertiary/aromatic N) is 1. The van der Waals surface area contributed by atoms with Gasteiger partial charge in [-0.25, -0.2) is 5.43 Å². The molecule has 7 nitrogen and oxygen atoms in total. The van der Waals surface area contributed by atoms with E-state index >= 15 is 0 Å². The third-order valence-corrected chi connectivity index (χ3v) is 5.67. The summed E-state index contributed by atoms with van der Waals surface area (Å²) >= 11 is 5.93. The maximum absolute atomic E-state index is 12.2. The van der Waals surface area contributed by atoms with Crippen molar-refractivity contribution in [1.29, 1.82) is 0 Å². The molecule has 0 radical (unpaired) electrons. The Hall–Kier alpha value is -3.71. The quantitative estimate of drug-likeness (QED) is 0.122. The highest BCUT2D eigenvalue weighted by Gasteiger charge is 2.08. The van der Waals surface area contributed by atoms with Gasteiger partial charge in [0.2, 0.25) is 0 Å². The van der Waals surface area contributed by atoms with Crippen LogP contribution in [0.1, 0.15) is 55.5 Å². The van der Waals surface area contributed by atoms with Crippen molar-refractivity contribution in [3.63, 3.8) is 0 Å². The van der Waals surface area contributed by atoms with Gasteiger partial charge in [-0.3, -0.25) is 4.79 Å². The lowest BCUT2D eigenvalue weighted by Crippen LogP contribution is -2.17. The van der Waals surface area contributed by atoms with Crippen LogP contribution in [-0.2, 0) is 0 Å². The van der Waals surface area contributed by atoms with E-state index in [-0.39, 0.29) is 5.91 Å². The van der Waals surface area contributed by atoms with Crippen molar-refractivity contribution in [2.45, 2.75) is 39.5 Å². The first-order chi connectivity index (χ1) is 18.6. The van der Waals surface area contributed by atoms with Gasteiger partial charge >= 0.3 is 0 Å². The first-order valence-corrected chi connectivity index (χ1v) is 13.3. The molecule has 3 rings (SSSR count). The van der Waals surface area contributed by atoms with Gasteiger partial charge in [-0.1, -0.05) is 43.9 Å². The highest BCUT2D eigenvalue weighted by atomic mass is 35.5. The summed E-state index contributed by atoms with van der Waals surface area (Å²) in [5.74, 6) is 2.43. The number of rotatable bonds is 16. The van der Waals surface area contributed by atoms with Crippen LogP contribution < -0.4 is 24.4 Å². The number of benzene rings is 3. The third kappa shape index (κ3) is 9.98. The Balaban J connectivity index is 1.45. The van der Waals surface area contributed by atoms with Crippen molar-refractivity contribution in [2.75, 3.05) is 26.4 Å². The number of hydrogen-bond donors (Lipinski definition) is 1. The van der Waals surface area contributed by atoms with E-state index in [2.05, 4.69) is 17.5 Å². The minimum atomic E-state index is -0.349. The Morgan fingerprint density at radius 1 is 0.816 bits per heavy atom. The molecule has 0 aromatic heterocycles. The molecule has 0 fully saturated rings. The van der Waals surface area contributed by atoms with Crippen LogP contribution in [0.15, 0.2) is 71.8 Å². The van der Waals surface area contributed by atoms with Crippen LogP contribution in [-0.4, -0.2) is 38.5 Å².